The highest BCUT2D eigenvalue weighted by Gasteiger charge is 2.53. The lowest BCUT2D eigenvalue weighted by Gasteiger charge is -2.44. The van der Waals surface area contributed by atoms with E-state index in [9.17, 15) is 4.79 Å². The van der Waals surface area contributed by atoms with Crippen LogP contribution in [0.1, 0.15) is 30.9 Å². The highest BCUT2D eigenvalue weighted by molar-refractivity contribution is 5.66. The van der Waals surface area contributed by atoms with E-state index >= 15 is 0 Å². The van der Waals surface area contributed by atoms with E-state index in [0.29, 0.717) is 5.92 Å². The van der Waals surface area contributed by atoms with E-state index in [1.807, 2.05) is 0 Å². The van der Waals surface area contributed by atoms with Gasteiger partial charge in [-0.25, -0.2) is 0 Å². The number of rotatable bonds is 3. The lowest BCUT2D eigenvalue weighted by molar-refractivity contribution is -0.150. The van der Waals surface area contributed by atoms with Crippen LogP contribution in [0.15, 0.2) is 60.7 Å². The molecular formula is C22H25NO2. The van der Waals surface area contributed by atoms with E-state index in [4.69, 9.17) is 4.74 Å². The molecule has 0 radical (unpaired) electrons. The maximum atomic E-state index is 12.0. The van der Waals surface area contributed by atoms with E-state index in [1.165, 1.54) is 18.1 Å². The van der Waals surface area contributed by atoms with Crippen molar-refractivity contribution in [2.45, 2.75) is 31.3 Å². The van der Waals surface area contributed by atoms with Gasteiger partial charge < -0.3 is 4.74 Å². The van der Waals surface area contributed by atoms with Crippen molar-refractivity contribution in [3.05, 3.63) is 71.8 Å². The van der Waals surface area contributed by atoms with Gasteiger partial charge in [-0.05, 0) is 43.0 Å². The molecule has 25 heavy (non-hydrogen) atoms. The fourth-order valence-corrected chi connectivity index (χ4v) is 4.98. The summed E-state index contributed by atoms with van der Waals surface area (Å²) in [6.45, 7) is 4.51. The molecule has 3 heterocycles. The average Bonchev–Trinajstić information content (AvgIpc) is 2.89. The number of benzene rings is 2. The van der Waals surface area contributed by atoms with Gasteiger partial charge in [-0.1, -0.05) is 60.7 Å². The van der Waals surface area contributed by atoms with Gasteiger partial charge in [0.2, 0.25) is 0 Å². The zero-order valence-electron chi connectivity index (χ0n) is 14.7. The molecule has 3 aliphatic rings. The fourth-order valence-electron chi connectivity index (χ4n) is 4.98. The van der Waals surface area contributed by atoms with Crippen LogP contribution in [0.25, 0.3) is 0 Å². The molecule has 3 saturated heterocycles. The summed E-state index contributed by atoms with van der Waals surface area (Å²) in [6, 6.07) is 21.3. The Labute approximate surface area is 149 Å². The number of hydrogen-bond acceptors (Lipinski definition) is 3. The van der Waals surface area contributed by atoms with Gasteiger partial charge in [0, 0.05) is 13.5 Å². The third kappa shape index (κ3) is 2.77. The molecule has 0 aromatic heterocycles. The van der Waals surface area contributed by atoms with Crippen LogP contribution in [0.4, 0.5) is 0 Å². The molecular weight excluding hydrogens is 310 g/mol. The molecule has 130 valence electrons. The SMILES string of the molecule is CC(=O)OC1CN2CCC(CC2)C1(c1ccccc1)c1ccccc1. The lowest BCUT2D eigenvalue weighted by Crippen LogP contribution is -2.49. The topological polar surface area (TPSA) is 29.5 Å². The molecule has 0 N–H and O–H groups in total. The molecule has 3 nitrogen and oxygen atoms in total. The maximum Gasteiger partial charge on any atom is 0.302 e. The molecule has 5 rings (SSSR count). The number of ether oxygens (including phenoxy) is 1. The van der Waals surface area contributed by atoms with Crippen molar-refractivity contribution in [3.8, 4) is 0 Å². The van der Waals surface area contributed by atoms with Crippen molar-refractivity contribution in [2.24, 2.45) is 5.92 Å². The molecule has 0 saturated carbocycles. The van der Waals surface area contributed by atoms with E-state index in [0.717, 1.165) is 32.5 Å². The van der Waals surface area contributed by atoms with Crippen molar-refractivity contribution in [2.75, 3.05) is 19.6 Å². The van der Waals surface area contributed by atoms with Crippen LogP contribution in [0.5, 0.6) is 0 Å². The van der Waals surface area contributed by atoms with Crippen LogP contribution in [0.3, 0.4) is 0 Å². The molecule has 0 spiro atoms. The van der Waals surface area contributed by atoms with Crippen LogP contribution in [-0.2, 0) is 14.9 Å². The standard InChI is InChI=1S/C22H25NO2/c1-17(24)25-21-16-23-14-12-20(13-15-23)22(21,18-8-4-2-5-9-18)19-10-6-3-7-11-19/h2-11,20-21H,12-16H2,1H3. The van der Waals surface area contributed by atoms with E-state index < -0.39 is 0 Å². The van der Waals surface area contributed by atoms with Crippen LogP contribution in [0, 0.1) is 5.92 Å². The number of nitrogens with zero attached hydrogens (tertiary/aromatic N) is 1. The Morgan fingerprint density at radius 3 is 1.96 bits per heavy atom. The summed E-state index contributed by atoms with van der Waals surface area (Å²) in [5.74, 6) is 0.282. The Bertz CT molecular complexity index is 681. The quantitative estimate of drug-likeness (QED) is 0.802. The average molecular weight is 335 g/mol. The second-order valence-corrected chi connectivity index (χ2v) is 7.27. The minimum atomic E-state index is -0.278. The molecule has 2 aromatic carbocycles. The molecule has 1 unspecified atom stereocenters. The molecule has 3 aliphatic heterocycles. The van der Waals surface area contributed by atoms with Gasteiger partial charge in [-0.3, -0.25) is 9.69 Å². The van der Waals surface area contributed by atoms with Crippen LogP contribution >= 0.6 is 0 Å². The molecule has 3 fully saturated rings. The molecule has 3 heteroatoms. The first-order chi connectivity index (χ1) is 12.2. The number of piperidine rings is 1. The van der Waals surface area contributed by atoms with Gasteiger partial charge in [0.15, 0.2) is 0 Å². The summed E-state index contributed by atoms with van der Waals surface area (Å²) < 4.78 is 6.00. The number of carbonyl (C=O) groups excluding carboxylic acids is 1. The Morgan fingerprint density at radius 2 is 1.48 bits per heavy atom. The second-order valence-electron chi connectivity index (χ2n) is 7.27. The summed E-state index contributed by atoms with van der Waals surface area (Å²) in [5.41, 5.74) is 2.25. The summed E-state index contributed by atoms with van der Waals surface area (Å²) >= 11 is 0. The van der Waals surface area contributed by atoms with Gasteiger partial charge >= 0.3 is 5.97 Å². The number of fused-ring (bicyclic) bond motifs is 4. The van der Waals surface area contributed by atoms with Crippen LogP contribution in [-0.4, -0.2) is 36.6 Å². The van der Waals surface area contributed by atoms with Gasteiger partial charge in [-0.15, -0.1) is 0 Å². The molecule has 1 atom stereocenters. The van der Waals surface area contributed by atoms with Gasteiger partial charge in [0.25, 0.3) is 0 Å². The first-order valence-electron chi connectivity index (χ1n) is 9.22. The minimum absolute atomic E-state index is 0.162. The molecule has 0 aliphatic carbocycles. The van der Waals surface area contributed by atoms with Crippen molar-refractivity contribution in [1.29, 1.82) is 0 Å². The smallest absolute Gasteiger partial charge is 0.302 e. The molecule has 2 aromatic rings. The van der Waals surface area contributed by atoms with Crippen molar-refractivity contribution < 1.29 is 9.53 Å². The van der Waals surface area contributed by atoms with Crippen LogP contribution < -0.4 is 0 Å². The zero-order chi connectivity index (χ0) is 17.3. The lowest BCUT2D eigenvalue weighted by atomic mass is 9.61. The van der Waals surface area contributed by atoms with E-state index in [-0.39, 0.29) is 17.5 Å². The summed E-state index contributed by atoms with van der Waals surface area (Å²) in [4.78, 5) is 14.4. The molecule has 0 amide bonds. The van der Waals surface area contributed by atoms with Gasteiger partial charge in [-0.2, -0.15) is 0 Å². The minimum Gasteiger partial charge on any atom is -0.460 e. The Hall–Kier alpha value is -2.13. The normalized spacial score (nSPS) is 27.5. The fraction of sp³-hybridized carbons (Fsp3) is 0.409. The Kier molecular flexibility index (Phi) is 4.34. The third-order valence-electron chi connectivity index (χ3n) is 5.97. The Morgan fingerprint density at radius 1 is 0.960 bits per heavy atom. The monoisotopic (exact) mass is 335 g/mol. The summed E-state index contributed by atoms with van der Waals surface area (Å²) in [5, 5.41) is 0. The Balaban J connectivity index is 1.96. The van der Waals surface area contributed by atoms with E-state index in [1.54, 1.807) is 0 Å². The molecule has 2 bridgehead atoms. The van der Waals surface area contributed by atoms with Crippen molar-refractivity contribution >= 4 is 5.97 Å². The number of esters is 1. The first-order valence-corrected chi connectivity index (χ1v) is 9.22. The predicted octanol–water partition coefficient (Wildman–Crippen LogP) is 3.63. The predicted molar refractivity (Wildman–Crippen MR) is 98.4 cm³/mol. The number of carbonyl (C=O) groups is 1. The third-order valence-corrected chi connectivity index (χ3v) is 5.97. The highest BCUT2D eigenvalue weighted by atomic mass is 16.5. The maximum absolute atomic E-state index is 12.0. The highest BCUT2D eigenvalue weighted by Crippen LogP contribution is 2.50. The van der Waals surface area contributed by atoms with Crippen molar-refractivity contribution in [1.82, 2.24) is 4.90 Å². The zero-order valence-corrected chi connectivity index (χ0v) is 14.7. The largest absolute Gasteiger partial charge is 0.460 e. The van der Waals surface area contributed by atoms with Crippen molar-refractivity contribution in [3.63, 3.8) is 0 Å². The second kappa shape index (κ2) is 6.64. The van der Waals surface area contributed by atoms with Crippen LogP contribution in [0.2, 0.25) is 0 Å². The van der Waals surface area contributed by atoms with Gasteiger partial charge in [0.1, 0.15) is 6.10 Å². The summed E-state index contributed by atoms with van der Waals surface area (Å²) in [7, 11) is 0. The number of hydrogen-bond donors (Lipinski definition) is 0. The first kappa shape index (κ1) is 16.3. The summed E-state index contributed by atoms with van der Waals surface area (Å²) in [6.07, 6.45) is 2.12. The van der Waals surface area contributed by atoms with Gasteiger partial charge in [0.05, 0.1) is 5.41 Å². The van der Waals surface area contributed by atoms with E-state index in [2.05, 4.69) is 65.6 Å².